The molecule has 5 nitrogen and oxygen atoms in total. The molecular weight excluding hydrogens is 354 g/mol. The molecule has 3 heterocycles. The third-order valence-corrected chi connectivity index (χ3v) is 5.12. The van der Waals surface area contributed by atoms with Gasteiger partial charge in [-0.3, -0.25) is 4.79 Å². The summed E-state index contributed by atoms with van der Waals surface area (Å²) in [5, 5.41) is 2.06. The van der Waals surface area contributed by atoms with E-state index in [1.807, 2.05) is 4.90 Å². The van der Waals surface area contributed by atoms with Crippen molar-refractivity contribution in [2.24, 2.45) is 5.92 Å². The summed E-state index contributed by atoms with van der Waals surface area (Å²) in [6, 6.07) is 0.681. The maximum atomic E-state index is 13.7. The highest BCUT2D eigenvalue weighted by Crippen LogP contribution is 2.32. The largest absolute Gasteiger partial charge is 0.471 e. The van der Waals surface area contributed by atoms with Crippen LogP contribution in [0.1, 0.15) is 24.8 Å². The van der Waals surface area contributed by atoms with E-state index in [-0.39, 0.29) is 11.7 Å². The molecule has 0 radical (unpaired) electrons. The third kappa shape index (κ3) is 3.92. The third-order valence-electron chi connectivity index (χ3n) is 5.12. The topological polar surface area (TPSA) is 54.5 Å². The molecule has 2 fully saturated rings. The number of pyridine rings is 1. The number of rotatable bonds is 3. The van der Waals surface area contributed by atoms with Gasteiger partial charge in [0.2, 0.25) is 0 Å². The van der Waals surface area contributed by atoms with Crippen molar-refractivity contribution in [3.05, 3.63) is 23.6 Å². The Morgan fingerprint density at radius 3 is 2.65 bits per heavy atom. The zero-order chi connectivity index (χ0) is 18.9. The second-order valence-corrected chi connectivity index (χ2v) is 6.77. The van der Waals surface area contributed by atoms with Crippen LogP contribution in [0.25, 0.3) is 0 Å². The number of carbonyl (C=O) groups excluding carboxylic acids is 1. The number of hydrogen-bond donors (Lipinski definition) is 1. The van der Waals surface area contributed by atoms with Crippen LogP contribution in [0.5, 0.6) is 0 Å². The van der Waals surface area contributed by atoms with Crippen LogP contribution in [0.15, 0.2) is 12.3 Å². The van der Waals surface area contributed by atoms with Crippen molar-refractivity contribution in [2.75, 3.05) is 24.6 Å². The van der Waals surface area contributed by atoms with Crippen molar-refractivity contribution in [1.29, 1.82) is 0 Å². The van der Waals surface area contributed by atoms with E-state index in [2.05, 4.69) is 10.3 Å². The molecule has 2 atom stereocenters. The van der Waals surface area contributed by atoms with Gasteiger partial charge in [-0.25, -0.2) is 9.37 Å². The molecule has 0 spiro atoms. The van der Waals surface area contributed by atoms with E-state index in [0.717, 1.165) is 0 Å². The van der Waals surface area contributed by atoms with Gasteiger partial charge in [-0.15, -0.1) is 0 Å². The lowest BCUT2D eigenvalue weighted by Crippen LogP contribution is -2.50. The molecule has 0 aromatic carbocycles. The summed E-state index contributed by atoms with van der Waals surface area (Å²) < 4.78 is 56.8. The molecular formula is C17H21F4N3O2. The molecule has 2 aliphatic rings. The van der Waals surface area contributed by atoms with Crippen molar-refractivity contribution in [2.45, 2.75) is 44.5 Å². The summed E-state index contributed by atoms with van der Waals surface area (Å²) in [5.41, 5.74) is 0.485. The first-order valence-electron chi connectivity index (χ1n) is 8.62. The molecule has 26 heavy (non-hydrogen) atoms. The normalized spacial score (nSPS) is 24.7. The Balaban J connectivity index is 1.60. The van der Waals surface area contributed by atoms with E-state index in [0.29, 0.717) is 50.3 Å². The lowest BCUT2D eigenvalue weighted by molar-refractivity contribution is -0.174. The van der Waals surface area contributed by atoms with E-state index in [1.165, 1.54) is 12.3 Å². The number of amides is 1. The second-order valence-electron chi connectivity index (χ2n) is 6.77. The minimum Gasteiger partial charge on any atom is -0.376 e. The average Bonchev–Trinajstić information content (AvgIpc) is 3.05. The zero-order valence-electron chi connectivity index (χ0n) is 14.4. The molecule has 1 aromatic rings. The molecule has 3 rings (SSSR count). The molecule has 2 aliphatic heterocycles. The van der Waals surface area contributed by atoms with E-state index in [9.17, 15) is 22.4 Å². The van der Waals surface area contributed by atoms with Crippen LogP contribution in [0.3, 0.4) is 0 Å². The maximum absolute atomic E-state index is 13.7. The number of nitrogens with one attached hydrogen (secondary N) is 1. The van der Waals surface area contributed by atoms with Crippen LogP contribution < -0.4 is 10.2 Å². The van der Waals surface area contributed by atoms with Crippen molar-refractivity contribution < 1.29 is 27.1 Å². The maximum Gasteiger partial charge on any atom is 0.471 e. The van der Waals surface area contributed by atoms with Crippen LogP contribution in [0.2, 0.25) is 0 Å². The number of anilines is 1. The molecule has 144 valence electrons. The van der Waals surface area contributed by atoms with E-state index in [1.54, 1.807) is 6.92 Å². The molecule has 1 amide bonds. The highest BCUT2D eigenvalue weighted by molar-refractivity contribution is 5.82. The minimum absolute atomic E-state index is 0.0427. The van der Waals surface area contributed by atoms with E-state index < -0.39 is 24.2 Å². The lowest BCUT2D eigenvalue weighted by atomic mass is 9.87. The predicted molar refractivity (Wildman–Crippen MR) is 86.2 cm³/mol. The van der Waals surface area contributed by atoms with Gasteiger partial charge in [0.15, 0.2) is 0 Å². The minimum atomic E-state index is -4.89. The summed E-state index contributed by atoms with van der Waals surface area (Å²) in [6.45, 7) is 3.23. The highest BCUT2D eigenvalue weighted by Gasteiger charge is 2.44. The molecule has 2 saturated heterocycles. The van der Waals surface area contributed by atoms with Crippen molar-refractivity contribution >= 4 is 11.7 Å². The molecule has 0 aliphatic carbocycles. The Kier molecular flexibility index (Phi) is 5.36. The summed E-state index contributed by atoms with van der Waals surface area (Å²) in [6.07, 6.45) is -2.16. The standard InChI is InChI=1S/C17H21F4N3O2/c1-10-12(18)2-6-22-15(10)24-7-3-11(4-8-24)14-13(5-9-26-14)23-16(25)17(19,20)21/h2,6,11,13-14H,3-5,7-9H2,1H3,(H,23,25)/t13-,14+/m1/s1. The van der Waals surface area contributed by atoms with Gasteiger partial charge in [-0.2, -0.15) is 13.2 Å². The number of ether oxygens (including phenoxy) is 1. The molecule has 0 unspecified atom stereocenters. The van der Waals surface area contributed by atoms with Crippen LogP contribution in [0, 0.1) is 18.7 Å². The Morgan fingerprint density at radius 1 is 1.31 bits per heavy atom. The summed E-state index contributed by atoms with van der Waals surface area (Å²) >= 11 is 0. The highest BCUT2D eigenvalue weighted by atomic mass is 19.4. The molecule has 1 N–H and O–H groups in total. The van der Waals surface area contributed by atoms with Crippen LogP contribution >= 0.6 is 0 Å². The first kappa shape index (κ1) is 18.9. The van der Waals surface area contributed by atoms with Crippen LogP contribution in [0.4, 0.5) is 23.4 Å². The van der Waals surface area contributed by atoms with Gasteiger partial charge in [0.25, 0.3) is 0 Å². The van der Waals surface area contributed by atoms with Gasteiger partial charge in [0.1, 0.15) is 11.6 Å². The fraction of sp³-hybridized carbons (Fsp3) is 0.647. The molecule has 0 bridgehead atoms. The van der Waals surface area contributed by atoms with Crippen molar-refractivity contribution in [3.8, 4) is 0 Å². The smallest absolute Gasteiger partial charge is 0.376 e. The van der Waals surface area contributed by atoms with Crippen molar-refractivity contribution in [1.82, 2.24) is 10.3 Å². The quantitative estimate of drug-likeness (QED) is 0.826. The van der Waals surface area contributed by atoms with E-state index in [4.69, 9.17) is 4.74 Å². The predicted octanol–water partition coefficient (Wildman–Crippen LogP) is 2.58. The fourth-order valence-corrected chi connectivity index (χ4v) is 3.74. The van der Waals surface area contributed by atoms with Crippen LogP contribution in [-0.4, -0.2) is 48.9 Å². The van der Waals surface area contributed by atoms with Gasteiger partial charge < -0.3 is 15.0 Å². The Morgan fingerprint density at radius 2 is 2.00 bits per heavy atom. The zero-order valence-corrected chi connectivity index (χ0v) is 14.4. The number of aromatic nitrogens is 1. The van der Waals surface area contributed by atoms with Crippen molar-refractivity contribution in [3.63, 3.8) is 0 Å². The summed E-state index contributed by atoms with van der Waals surface area (Å²) in [5.74, 6) is -1.60. The first-order chi connectivity index (χ1) is 12.3. The number of carbonyl (C=O) groups is 1. The van der Waals surface area contributed by atoms with Gasteiger partial charge in [-0.05, 0) is 38.2 Å². The Bertz CT molecular complexity index is 660. The number of hydrogen-bond acceptors (Lipinski definition) is 4. The molecule has 9 heteroatoms. The fourth-order valence-electron chi connectivity index (χ4n) is 3.74. The van der Waals surface area contributed by atoms with Gasteiger partial charge in [0.05, 0.1) is 12.1 Å². The summed E-state index contributed by atoms with van der Waals surface area (Å²) in [4.78, 5) is 17.4. The lowest BCUT2D eigenvalue weighted by Gasteiger charge is -2.37. The Hall–Kier alpha value is -1.90. The van der Waals surface area contributed by atoms with Crippen LogP contribution in [-0.2, 0) is 9.53 Å². The monoisotopic (exact) mass is 375 g/mol. The first-order valence-corrected chi connectivity index (χ1v) is 8.62. The van der Waals surface area contributed by atoms with E-state index >= 15 is 0 Å². The second kappa shape index (κ2) is 7.38. The Labute approximate surface area is 148 Å². The number of alkyl halides is 3. The number of nitrogens with zero attached hydrogens (tertiary/aromatic N) is 2. The van der Waals surface area contributed by atoms with Gasteiger partial charge >= 0.3 is 12.1 Å². The molecule has 1 aromatic heterocycles. The summed E-state index contributed by atoms with van der Waals surface area (Å²) in [7, 11) is 0. The molecule has 0 saturated carbocycles. The average molecular weight is 375 g/mol. The number of piperidine rings is 1. The SMILES string of the molecule is Cc1c(F)ccnc1N1CCC([C@@H]2OCC[C@H]2NC(=O)C(F)(F)F)CC1. The number of halogens is 4. The van der Waals surface area contributed by atoms with Gasteiger partial charge in [0, 0.05) is 31.5 Å². The van der Waals surface area contributed by atoms with Gasteiger partial charge in [-0.1, -0.05) is 0 Å².